The molecule has 8 nitrogen and oxygen atoms in total. The molecule has 1 N–H and O–H groups in total. The fourth-order valence-corrected chi connectivity index (χ4v) is 4.20. The van der Waals surface area contributed by atoms with E-state index in [1.54, 1.807) is 31.3 Å². The van der Waals surface area contributed by atoms with E-state index in [9.17, 15) is 4.79 Å². The van der Waals surface area contributed by atoms with E-state index in [1.165, 1.54) is 5.56 Å². The zero-order valence-electron chi connectivity index (χ0n) is 18.5. The van der Waals surface area contributed by atoms with Crippen LogP contribution < -0.4 is 14.8 Å². The number of urea groups is 1. The van der Waals surface area contributed by atoms with Crippen molar-refractivity contribution in [1.29, 1.82) is 0 Å². The van der Waals surface area contributed by atoms with Gasteiger partial charge in [0.1, 0.15) is 0 Å². The van der Waals surface area contributed by atoms with Crippen LogP contribution in [0.4, 0.5) is 10.5 Å². The molecule has 1 fully saturated rings. The van der Waals surface area contributed by atoms with Crippen molar-refractivity contribution < 1.29 is 14.3 Å². The van der Waals surface area contributed by atoms with Crippen molar-refractivity contribution >= 4 is 11.7 Å². The van der Waals surface area contributed by atoms with Gasteiger partial charge in [0, 0.05) is 31.2 Å². The number of carbonyl (C=O) groups excluding carboxylic acids is 1. The van der Waals surface area contributed by atoms with Crippen LogP contribution in [0.5, 0.6) is 11.5 Å². The first-order valence-electron chi connectivity index (χ1n) is 10.9. The maximum Gasteiger partial charge on any atom is 0.322 e. The van der Waals surface area contributed by atoms with E-state index in [0.717, 1.165) is 50.1 Å². The van der Waals surface area contributed by atoms with Crippen LogP contribution in [0.1, 0.15) is 31.2 Å². The molecule has 1 aliphatic rings. The predicted octanol–water partition coefficient (Wildman–Crippen LogP) is 4.30. The smallest absolute Gasteiger partial charge is 0.322 e. The number of pyridine rings is 1. The van der Waals surface area contributed by atoms with E-state index >= 15 is 0 Å². The lowest BCUT2D eigenvalue weighted by Crippen LogP contribution is -2.46. The lowest BCUT2D eigenvalue weighted by atomic mass is 9.96. The van der Waals surface area contributed by atoms with Gasteiger partial charge in [0.2, 0.25) is 0 Å². The number of anilines is 1. The number of benzene rings is 1. The molecule has 0 aliphatic carbocycles. The summed E-state index contributed by atoms with van der Waals surface area (Å²) < 4.78 is 12.4. The van der Waals surface area contributed by atoms with Crippen LogP contribution in [0.2, 0.25) is 0 Å². The third kappa shape index (κ3) is 4.85. The largest absolute Gasteiger partial charge is 0.493 e. The average Bonchev–Trinajstić information content (AvgIpc) is 3.38. The SMILES string of the molecule is COc1ccc(CCC2CCCCN2C(=O)Nc2cccnc2-n2cccn2)cc1OC. The number of amides is 2. The Morgan fingerprint density at radius 3 is 2.78 bits per heavy atom. The highest BCUT2D eigenvalue weighted by atomic mass is 16.5. The van der Waals surface area contributed by atoms with Crippen LogP contribution in [-0.2, 0) is 6.42 Å². The monoisotopic (exact) mass is 435 g/mol. The van der Waals surface area contributed by atoms with Crippen molar-refractivity contribution in [2.75, 3.05) is 26.1 Å². The van der Waals surface area contributed by atoms with Gasteiger partial charge in [0.25, 0.3) is 0 Å². The third-order valence-corrected chi connectivity index (χ3v) is 5.85. The molecule has 0 saturated carbocycles. The van der Waals surface area contributed by atoms with Crippen molar-refractivity contribution in [1.82, 2.24) is 19.7 Å². The van der Waals surface area contributed by atoms with Crippen molar-refractivity contribution in [2.24, 2.45) is 0 Å². The summed E-state index contributed by atoms with van der Waals surface area (Å²) in [5.74, 6) is 2.05. The average molecular weight is 436 g/mol. The zero-order chi connectivity index (χ0) is 22.3. The fraction of sp³-hybridized carbons (Fsp3) is 0.375. The van der Waals surface area contributed by atoms with Crippen LogP contribution in [0.3, 0.4) is 0 Å². The van der Waals surface area contributed by atoms with Gasteiger partial charge in [0.15, 0.2) is 17.3 Å². The topological polar surface area (TPSA) is 81.5 Å². The first-order chi connectivity index (χ1) is 15.7. The highest BCUT2D eigenvalue weighted by Gasteiger charge is 2.27. The van der Waals surface area contributed by atoms with E-state index < -0.39 is 0 Å². The number of methoxy groups -OCH3 is 2. The number of aryl methyl sites for hydroxylation is 1. The maximum atomic E-state index is 13.2. The van der Waals surface area contributed by atoms with Gasteiger partial charge in [-0.1, -0.05) is 6.07 Å². The number of aromatic nitrogens is 3. The Kier molecular flexibility index (Phi) is 6.89. The lowest BCUT2D eigenvalue weighted by molar-refractivity contribution is 0.158. The number of nitrogens with zero attached hydrogens (tertiary/aromatic N) is 4. The Bertz CT molecular complexity index is 1040. The summed E-state index contributed by atoms with van der Waals surface area (Å²) in [6.45, 7) is 0.750. The molecular formula is C24H29N5O3. The highest BCUT2D eigenvalue weighted by molar-refractivity contribution is 5.91. The van der Waals surface area contributed by atoms with Crippen molar-refractivity contribution in [3.05, 3.63) is 60.6 Å². The van der Waals surface area contributed by atoms with Crippen LogP contribution >= 0.6 is 0 Å². The van der Waals surface area contributed by atoms with E-state index in [1.807, 2.05) is 41.4 Å². The van der Waals surface area contributed by atoms with Gasteiger partial charge in [-0.05, 0) is 68.0 Å². The molecule has 1 atom stereocenters. The molecule has 2 aromatic heterocycles. The second kappa shape index (κ2) is 10.2. The molecule has 0 radical (unpaired) electrons. The minimum atomic E-state index is -0.0941. The summed E-state index contributed by atoms with van der Waals surface area (Å²) in [4.78, 5) is 19.6. The van der Waals surface area contributed by atoms with Crippen LogP contribution in [0.15, 0.2) is 55.0 Å². The normalized spacial score (nSPS) is 15.9. The van der Waals surface area contributed by atoms with E-state index in [0.29, 0.717) is 11.5 Å². The highest BCUT2D eigenvalue weighted by Crippen LogP contribution is 2.29. The summed E-state index contributed by atoms with van der Waals surface area (Å²) >= 11 is 0. The van der Waals surface area contributed by atoms with Gasteiger partial charge in [-0.15, -0.1) is 0 Å². The number of piperidine rings is 1. The molecule has 3 aromatic rings. The molecular weight excluding hydrogens is 406 g/mol. The fourth-order valence-electron chi connectivity index (χ4n) is 4.20. The zero-order valence-corrected chi connectivity index (χ0v) is 18.5. The number of nitrogens with one attached hydrogen (secondary N) is 1. The summed E-state index contributed by atoms with van der Waals surface area (Å²) in [6.07, 6.45) is 10.1. The first kappa shape index (κ1) is 21.7. The maximum absolute atomic E-state index is 13.2. The summed E-state index contributed by atoms with van der Waals surface area (Å²) in [6, 6.07) is 11.6. The van der Waals surface area contributed by atoms with Crippen molar-refractivity contribution in [2.45, 2.75) is 38.1 Å². The third-order valence-electron chi connectivity index (χ3n) is 5.85. The Labute approximate surface area is 188 Å². The van der Waals surface area contributed by atoms with Crippen LogP contribution in [0, 0.1) is 0 Å². The number of carbonyl (C=O) groups is 1. The lowest BCUT2D eigenvalue weighted by Gasteiger charge is -2.36. The van der Waals surface area contributed by atoms with Gasteiger partial charge in [-0.2, -0.15) is 5.10 Å². The van der Waals surface area contributed by atoms with E-state index in [2.05, 4.69) is 21.5 Å². The van der Waals surface area contributed by atoms with Gasteiger partial charge >= 0.3 is 6.03 Å². The molecule has 168 valence electrons. The molecule has 1 aliphatic heterocycles. The van der Waals surface area contributed by atoms with Gasteiger partial charge < -0.3 is 19.7 Å². The number of likely N-dealkylation sites (tertiary alicyclic amines) is 1. The van der Waals surface area contributed by atoms with Gasteiger partial charge in [-0.25, -0.2) is 14.5 Å². The summed E-state index contributed by atoms with van der Waals surface area (Å²) in [5.41, 5.74) is 1.81. The molecule has 8 heteroatoms. The molecule has 2 amide bonds. The van der Waals surface area contributed by atoms with Crippen LogP contribution in [-0.4, -0.2) is 52.5 Å². The number of ether oxygens (including phenoxy) is 2. The summed E-state index contributed by atoms with van der Waals surface area (Å²) in [7, 11) is 3.28. The number of hydrogen-bond acceptors (Lipinski definition) is 5. The Balaban J connectivity index is 1.44. The van der Waals surface area contributed by atoms with E-state index in [4.69, 9.17) is 9.47 Å². The molecule has 0 spiro atoms. The first-order valence-corrected chi connectivity index (χ1v) is 10.9. The molecule has 1 saturated heterocycles. The Morgan fingerprint density at radius 2 is 2.00 bits per heavy atom. The number of hydrogen-bond donors (Lipinski definition) is 1. The molecule has 32 heavy (non-hydrogen) atoms. The van der Waals surface area contributed by atoms with Gasteiger partial charge in [0.05, 0.1) is 19.9 Å². The summed E-state index contributed by atoms with van der Waals surface area (Å²) in [5, 5.41) is 7.30. The Morgan fingerprint density at radius 1 is 1.12 bits per heavy atom. The minimum Gasteiger partial charge on any atom is -0.493 e. The minimum absolute atomic E-state index is 0.0941. The predicted molar refractivity (Wildman–Crippen MR) is 123 cm³/mol. The standard InChI is InChI=1S/C24H29N5O3/c1-31-21-12-10-18(17-22(21)32-2)9-11-19-7-3-4-15-28(19)24(30)27-20-8-5-13-25-23(20)29-16-6-14-26-29/h5-6,8,10,12-14,16-17,19H,3-4,7,9,11,15H2,1-2H3,(H,27,30). The second-order valence-electron chi connectivity index (χ2n) is 7.83. The second-order valence-corrected chi connectivity index (χ2v) is 7.83. The van der Waals surface area contributed by atoms with Crippen LogP contribution in [0.25, 0.3) is 5.82 Å². The molecule has 0 bridgehead atoms. The van der Waals surface area contributed by atoms with Gasteiger partial charge in [-0.3, -0.25) is 0 Å². The molecule has 3 heterocycles. The molecule has 1 aromatic carbocycles. The van der Waals surface area contributed by atoms with Crippen molar-refractivity contribution in [3.63, 3.8) is 0 Å². The Hall–Kier alpha value is -3.55. The quantitative estimate of drug-likeness (QED) is 0.598. The molecule has 4 rings (SSSR count). The van der Waals surface area contributed by atoms with E-state index in [-0.39, 0.29) is 12.1 Å². The number of rotatable bonds is 7. The van der Waals surface area contributed by atoms with Crippen molar-refractivity contribution in [3.8, 4) is 17.3 Å². The molecule has 1 unspecified atom stereocenters.